The molecule has 96 valence electrons. The second-order valence-electron chi connectivity index (χ2n) is 4.65. The van der Waals surface area contributed by atoms with Gasteiger partial charge in [0.1, 0.15) is 0 Å². The minimum atomic E-state index is -3.10. The van der Waals surface area contributed by atoms with Crippen LogP contribution in [0.2, 0.25) is 0 Å². The van der Waals surface area contributed by atoms with Crippen LogP contribution in [0.3, 0.4) is 0 Å². The summed E-state index contributed by atoms with van der Waals surface area (Å²) in [7, 11) is -3.10. The third-order valence-corrected chi connectivity index (χ3v) is 4.39. The Labute approximate surface area is 109 Å². The summed E-state index contributed by atoms with van der Waals surface area (Å²) in [5.41, 5.74) is 3.88. The molecular formula is C15H18O2S. The highest BCUT2D eigenvalue weighted by Gasteiger charge is 2.14. The molecule has 0 heterocycles. The minimum Gasteiger partial charge on any atom is -0.224 e. The number of rotatable bonds is 3. The molecule has 0 saturated carbocycles. The Morgan fingerprint density at radius 2 is 1.78 bits per heavy atom. The van der Waals surface area contributed by atoms with Crippen molar-refractivity contribution in [2.45, 2.75) is 31.1 Å². The van der Waals surface area contributed by atoms with E-state index in [1.165, 1.54) is 23.8 Å². The Balaban J connectivity index is 2.38. The molecule has 0 fully saturated rings. The van der Waals surface area contributed by atoms with Gasteiger partial charge in [-0.2, -0.15) is 0 Å². The molecule has 0 atom stereocenters. The van der Waals surface area contributed by atoms with E-state index in [4.69, 9.17) is 0 Å². The van der Waals surface area contributed by atoms with Crippen molar-refractivity contribution in [2.75, 3.05) is 6.26 Å². The lowest BCUT2D eigenvalue weighted by Crippen LogP contribution is -1.96. The van der Waals surface area contributed by atoms with Crippen molar-refractivity contribution in [1.82, 2.24) is 0 Å². The molecule has 2 rings (SSSR count). The SMILES string of the molecule is C/C=C/C1=C(c2ccc(S(C)(=O)=O)cc2)CCC1. The number of benzene rings is 1. The third kappa shape index (κ3) is 2.72. The van der Waals surface area contributed by atoms with Gasteiger partial charge in [-0.1, -0.05) is 24.3 Å². The molecule has 0 aliphatic heterocycles. The first kappa shape index (κ1) is 13.1. The standard InChI is InChI=1S/C15H18O2S/c1-3-5-12-6-4-7-15(12)13-8-10-14(11-9-13)18(2,16)17/h3,5,8-11H,4,6-7H2,1-2H3/b5-3+. The largest absolute Gasteiger partial charge is 0.224 e. The van der Waals surface area contributed by atoms with Crippen molar-refractivity contribution in [3.63, 3.8) is 0 Å². The van der Waals surface area contributed by atoms with E-state index in [0.29, 0.717) is 4.90 Å². The monoisotopic (exact) mass is 262 g/mol. The fraction of sp³-hybridized carbons (Fsp3) is 0.333. The fourth-order valence-electron chi connectivity index (χ4n) is 2.39. The highest BCUT2D eigenvalue weighted by Crippen LogP contribution is 2.34. The molecular weight excluding hydrogens is 244 g/mol. The zero-order valence-electron chi connectivity index (χ0n) is 10.8. The van der Waals surface area contributed by atoms with Crippen molar-refractivity contribution in [2.24, 2.45) is 0 Å². The Kier molecular flexibility index (Phi) is 3.71. The normalized spacial score (nSPS) is 16.8. The molecule has 1 aromatic rings. The summed E-state index contributed by atoms with van der Waals surface area (Å²) >= 11 is 0. The van der Waals surface area contributed by atoms with E-state index in [-0.39, 0.29) is 0 Å². The van der Waals surface area contributed by atoms with E-state index >= 15 is 0 Å². The first-order chi connectivity index (χ1) is 8.52. The molecule has 3 heteroatoms. The Morgan fingerprint density at radius 3 is 2.33 bits per heavy atom. The van der Waals surface area contributed by atoms with Crippen molar-refractivity contribution in [3.05, 3.63) is 47.6 Å². The highest BCUT2D eigenvalue weighted by molar-refractivity contribution is 7.90. The molecule has 0 radical (unpaired) electrons. The average molecular weight is 262 g/mol. The fourth-order valence-corrected chi connectivity index (χ4v) is 3.02. The molecule has 0 aromatic heterocycles. The van der Waals surface area contributed by atoms with E-state index in [1.54, 1.807) is 12.1 Å². The van der Waals surface area contributed by atoms with Crippen LogP contribution in [0.4, 0.5) is 0 Å². The number of allylic oxidation sites excluding steroid dienone is 4. The zero-order chi connectivity index (χ0) is 13.2. The molecule has 0 N–H and O–H groups in total. The molecule has 2 nitrogen and oxygen atoms in total. The van der Waals surface area contributed by atoms with Crippen LogP contribution in [0.15, 0.2) is 46.9 Å². The molecule has 0 amide bonds. The molecule has 0 spiro atoms. The van der Waals surface area contributed by atoms with Crippen molar-refractivity contribution in [1.29, 1.82) is 0 Å². The van der Waals surface area contributed by atoms with Crippen LogP contribution in [0.1, 0.15) is 31.7 Å². The topological polar surface area (TPSA) is 34.1 Å². The highest BCUT2D eigenvalue weighted by atomic mass is 32.2. The summed E-state index contributed by atoms with van der Waals surface area (Å²) in [6.07, 6.45) is 8.84. The quantitative estimate of drug-likeness (QED) is 0.834. The zero-order valence-corrected chi connectivity index (χ0v) is 11.6. The lowest BCUT2D eigenvalue weighted by atomic mass is 10.0. The Morgan fingerprint density at radius 1 is 1.11 bits per heavy atom. The van der Waals surface area contributed by atoms with Crippen molar-refractivity contribution >= 4 is 15.4 Å². The van der Waals surface area contributed by atoms with Gasteiger partial charge in [-0.15, -0.1) is 0 Å². The van der Waals surface area contributed by atoms with Gasteiger partial charge in [0.05, 0.1) is 4.90 Å². The predicted molar refractivity (Wildman–Crippen MR) is 75.1 cm³/mol. The van der Waals surface area contributed by atoms with E-state index < -0.39 is 9.84 Å². The van der Waals surface area contributed by atoms with E-state index in [1.807, 2.05) is 19.1 Å². The maximum absolute atomic E-state index is 11.4. The van der Waals surface area contributed by atoms with Gasteiger partial charge in [0.2, 0.25) is 0 Å². The molecule has 0 unspecified atom stereocenters. The third-order valence-electron chi connectivity index (χ3n) is 3.26. The van der Waals surface area contributed by atoms with E-state index in [0.717, 1.165) is 18.4 Å². The van der Waals surface area contributed by atoms with Gasteiger partial charge in [0.25, 0.3) is 0 Å². The van der Waals surface area contributed by atoms with Crippen LogP contribution in [0.25, 0.3) is 5.57 Å². The maximum atomic E-state index is 11.4. The van der Waals surface area contributed by atoms with Crippen LogP contribution in [0, 0.1) is 0 Å². The molecule has 18 heavy (non-hydrogen) atoms. The van der Waals surface area contributed by atoms with Crippen LogP contribution in [-0.2, 0) is 9.84 Å². The van der Waals surface area contributed by atoms with Gasteiger partial charge >= 0.3 is 0 Å². The summed E-state index contributed by atoms with van der Waals surface area (Å²) in [4.78, 5) is 0.387. The van der Waals surface area contributed by atoms with Crippen molar-refractivity contribution in [3.8, 4) is 0 Å². The molecule has 0 bridgehead atoms. The van der Waals surface area contributed by atoms with Crippen molar-refractivity contribution < 1.29 is 8.42 Å². The summed E-state index contributed by atoms with van der Waals surface area (Å²) in [6.45, 7) is 2.02. The second kappa shape index (κ2) is 5.11. The first-order valence-electron chi connectivity index (χ1n) is 6.17. The first-order valence-corrected chi connectivity index (χ1v) is 8.06. The number of hydrogen-bond acceptors (Lipinski definition) is 2. The molecule has 1 aliphatic carbocycles. The van der Waals surface area contributed by atoms with Crippen LogP contribution >= 0.6 is 0 Å². The van der Waals surface area contributed by atoms with E-state index in [2.05, 4.69) is 12.2 Å². The molecule has 0 saturated heterocycles. The summed E-state index contributed by atoms with van der Waals surface area (Å²) in [6, 6.07) is 7.23. The second-order valence-corrected chi connectivity index (χ2v) is 6.67. The summed E-state index contributed by atoms with van der Waals surface area (Å²) in [5.74, 6) is 0. The minimum absolute atomic E-state index is 0.387. The van der Waals surface area contributed by atoms with Gasteiger partial charge in [-0.25, -0.2) is 8.42 Å². The van der Waals surface area contributed by atoms with Gasteiger partial charge in [0.15, 0.2) is 9.84 Å². The smallest absolute Gasteiger partial charge is 0.175 e. The lowest BCUT2D eigenvalue weighted by Gasteiger charge is -2.06. The Hall–Kier alpha value is -1.35. The predicted octanol–water partition coefficient (Wildman–Crippen LogP) is 3.60. The summed E-state index contributed by atoms with van der Waals surface area (Å²) < 4.78 is 22.8. The van der Waals surface area contributed by atoms with Gasteiger partial charge in [-0.05, 0) is 55.0 Å². The van der Waals surface area contributed by atoms with Gasteiger partial charge in [0, 0.05) is 6.26 Å². The van der Waals surface area contributed by atoms with Gasteiger partial charge < -0.3 is 0 Å². The molecule has 1 aliphatic rings. The Bertz CT molecular complexity index is 590. The number of sulfone groups is 1. The number of hydrogen-bond donors (Lipinski definition) is 0. The van der Waals surface area contributed by atoms with Crippen LogP contribution < -0.4 is 0 Å². The lowest BCUT2D eigenvalue weighted by molar-refractivity contribution is 0.602. The van der Waals surface area contributed by atoms with Crippen LogP contribution in [-0.4, -0.2) is 14.7 Å². The maximum Gasteiger partial charge on any atom is 0.175 e. The average Bonchev–Trinajstić information content (AvgIpc) is 2.77. The van der Waals surface area contributed by atoms with Crippen LogP contribution in [0.5, 0.6) is 0 Å². The summed E-state index contributed by atoms with van der Waals surface area (Å²) in [5, 5.41) is 0. The van der Waals surface area contributed by atoms with Gasteiger partial charge in [-0.3, -0.25) is 0 Å². The molecule has 1 aromatic carbocycles. The van der Waals surface area contributed by atoms with E-state index in [9.17, 15) is 8.42 Å².